The SMILES string of the molecule is O=C(O)C1CCCC2CCCC1CC2. The Balaban J connectivity index is 2.08. The van der Waals surface area contributed by atoms with E-state index >= 15 is 0 Å². The normalized spacial score (nSPS) is 38.4. The minimum Gasteiger partial charge on any atom is -0.481 e. The Hall–Kier alpha value is -0.530. The Morgan fingerprint density at radius 2 is 1.64 bits per heavy atom. The third kappa shape index (κ3) is 2.10. The van der Waals surface area contributed by atoms with E-state index in [1.54, 1.807) is 0 Å². The van der Waals surface area contributed by atoms with Crippen LogP contribution in [-0.4, -0.2) is 11.1 Å². The molecule has 1 N–H and O–H groups in total. The van der Waals surface area contributed by atoms with Gasteiger partial charge in [0.1, 0.15) is 0 Å². The monoisotopic (exact) mass is 196 g/mol. The number of carbonyl (C=O) groups is 1. The zero-order chi connectivity index (χ0) is 9.97. The molecule has 2 aliphatic carbocycles. The molecule has 0 amide bonds. The maximum atomic E-state index is 11.1. The summed E-state index contributed by atoms with van der Waals surface area (Å²) in [6, 6.07) is 0. The van der Waals surface area contributed by atoms with Crippen molar-refractivity contribution in [3.63, 3.8) is 0 Å². The highest BCUT2D eigenvalue weighted by molar-refractivity contribution is 5.70. The van der Waals surface area contributed by atoms with Crippen LogP contribution in [0.25, 0.3) is 0 Å². The average Bonchev–Trinajstić information content (AvgIpc) is 2.27. The average molecular weight is 196 g/mol. The minimum atomic E-state index is -0.546. The van der Waals surface area contributed by atoms with Gasteiger partial charge in [-0.05, 0) is 31.1 Å². The molecule has 0 aromatic heterocycles. The number of carboxylic acid groups (broad SMARTS) is 1. The maximum Gasteiger partial charge on any atom is 0.306 e. The molecule has 0 radical (unpaired) electrons. The Morgan fingerprint density at radius 1 is 0.929 bits per heavy atom. The molecule has 0 heterocycles. The summed E-state index contributed by atoms with van der Waals surface area (Å²) >= 11 is 0. The van der Waals surface area contributed by atoms with Crippen LogP contribution in [0.4, 0.5) is 0 Å². The largest absolute Gasteiger partial charge is 0.481 e. The molecule has 2 nitrogen and oxygen atoms in total. The van der Waals surface area contributed by atoms with E-state index in [0.29, 0.717) is 5.92 Å². The number of hydrogen-bond acceptors (Lipinski definition) is 1. The van der Waals surface area contributed by atoms with Gasteiger partial charge < -0.3 is 5.11 Å². The topological polar surface area (TPSA) is 37.3 Å². The van der Waals surface area contributed by atoms with Gasteiger partial charge in [0.25, 0.3) is 0 Å². The molecule has 0 aliphatic heterocycles. The molecule has 2 bridgehead atoms. The first kappa shape index (κ1) is 10.0. The van der Waals surface area contributed by atoms with Crippen LogP contribution in [0.1, 0.15) is 51.4 Å². The van der Waals surface area contributed by atoms with E-state index in [0.717, 1.165) is 25.2 Å². The van der Waals surface area contributed by atoms with Gasteiger partial charge in [-0.15, -0.1) is 0 Å². The first-order valence-corrected chi connectivity index (χ1v) is 6.00. The van der Waals surface area contributed by atoms with Crippen molar-refractivity contribution in [2.45, 2.75) is 51.4 Å². The first-order valence-electron chi connectivity index (χ1n) is 6.00. The summed E-state index contributed by atoms with van der Waals surface area (Å²) in [6.45, 7) is 0. The Labute approximate surface area is 85.7 Å². The van der Waals surface area contributed by atoms with Gasteiger partial charge in [0.15, 0.2) is 0 Å². The quantitative estimate of drug-likeness (QED) is 0.699. The van der Waals surface area contributed by atoms with E-state index in [-0.39, 0.29) is 5.92 Å². The molecule has 2 saturated carbocycles. The molecule has 0 aromatic carbocycles. The summed E-state index contributed by atoms with van der Waals surface area (Å²) in [6.07, 6.45) is 9.57. The van der Waals surface area contributed by atoms with E-state index < -0.39 is 5.97 Å². The highest BCUT2D eigenvalue weighted by Gasteiger charge is 2.32. The van der Waals surface area contributed by atoms with E-state index in [1.165, 1.54) is 32.1 Å². The number of carboxylic acids is 1. The molecule has 0 saturated heterocycles. The van der Waals surface area contributed by atoms with Crippen LogP contribution >= 0.6 is 0 Å². The molecule has 3 atom stereocenters. The van der Waals surface area contributed by atoms with Crippen molar-refractivity contribution in [2.24, 2.45) is 17.8 Å². The summed E-state index contributed by atoms with van der Waals surface area (Å²) in [7, 11) is 0. The van der Waals surface area contributed by atoms with Crippen LogP contribution in [0.3, 0.4) is 0 Å². The summed E-state index contributed by atoms with van der Waals surface area (Å²) < 4.78 is 0. The summed E-state index contributed by atoms with van der Waals surface area (Å²) in [5, 5.41) is 9.17. The lowest BCUT2D eigenvalue weighted by Crippen LogP contribution is -2.24. The molecule has 80 valence electrons. The number of aliphatic carboxylic acids is 1. The maximum absolute atomic E-state index is 11.1. The van der Waals surface area contributed by atoms with Crippen molar-refractivity contribution in [3.05, 3.63) is 0 Å². The second-order valence-electron chi connectivity index (χ2n) is 5.01. The standard InChI is InChI=1S/C12H20O2/c13-12(14)11-6-2-4-9-3-1-5-10(11)8-7-9/h9-11H,1-8H2,(H,13,14). The Morgan fingerprint density at radius 3 is 2.36 bits per heavy atom. The number of rotatable bonds is 1. The third-order valence-corrected chi connectivity index (χ3v) is 4.15. The van der Waals surface area contributed by atoms with Crippen molar-refractivity contribution >= 4 is 5.97 Å². The predicted octanol–water partition coefficient (Wildman–Crippen LogP) is 3.07. The molecule has 2 aliphatic rings. The van der Waals surface area contributed by atoms with Gasteiger partial charge >= 0.3 is 5.97 Å². The van der Waals surface area contributed by atoms with Gasteiger partial charge in [-0.25, -0.2) is 0 Å². The van der Waals surface area contributed by atoms with E-state index in [9.17, 15) is 4.79 Å². The van der Waals surface area contributed by atoms with E-state index in [2.05, 4.69) is 0 Å². The van der Waals surface area contributed by atoms with Crippen molar-refractivity contribution in [3.8, 4) is 0 Å². The Kier molecular flexibility index (Phi) is 3.09. The molecule has 2 heteroatoms. The number of fused-ring (bicyclic) bond motifs is 3. The lowest BCUT2D eigenvalue weighted by molar-refractivity contribution is -0.144. The molecule has 2 fully saturated rings. The highest BCUT2D eigenvalue weighted by atomic mass is 16.4. The van der Waals surface area contributed by atoms with Crippen molar-refractivity contribution < 1.29 is 9.90 Å². The zero-order valence-electron chi connectivity index (χ0n) is 8.74. The molecule has 3 unspecified atom stereocenters. The molecular weight excluding hydrogens is 176 g/mol. The fourth-order valence-electron chi connectivity index (χ4n) is 3.29. The van der Waals surface area contributed by atoms with Gasteiger partial charge in [0.05, 0.1) is 5.92 Å². The second kappa shape index (κ2) is 4.33. The predicted molar refractivity (Wildman–Crippen MR) is 55.0 cm³/mol. The minimum absolute atomic E-state index is 0.0333. The van der Waals surface area contributed by atoms with Crippen molar-refractivity contribution in [1.29, 1.82) is 0 Å². The van der Waals surface area contributed by atoms with Gasteiger partial charge in [0.2, 0.25) is 0 Å². The summed E-state index contributed by atoms with van der Waals surface area (Å²) in [5.41, 5.74) is 0. The van der Waals surface area contributed by atoms with Crippen molar-refractivity contribution in [2.75, 3.05) is 0 Å². The van der Waals surface area contributed by atoms with Gasteiger partial charge in [-0.1, -0.05) is 32.1 Å². The van der Waals surface area contributed by atoms with Crippen LogP contribution in [0, 0.1) is 17.8 Å². The van der Waals surface area contributed by atoms with Crippen LogP contribution in [0.5, 0.6) is 0 Å². The second-order valence-corrected chi connectivity index (χ2v) is 5.01. The van der Waals surface area contributed by atoms with Crippen LogP contribution < -0.4 is 0 Å². The number of hydrogen-bond donors (Lipinski definition) is 1. The Bertz CT molecular complexity index is 212. The van der Waals surface area contributed by atoms with E-state index in [1.807, 2.05) is 0 Å². The smallest absolute Gasteiger partial charge is 0.306 e. The highest BCUT2D eigenvalue weighted by Crippen LogP contribution is 2.38. The van der Waals surface area contributed by atoms with Gasteiger partial charge in [-0.3, -0.25) is 4.79 Å². The molecular formula is C12H20O2. The lowest BCUT2D eigenvalue weighted by atomic mass is 9.80. The van der Waals surface area contributed by atoms with E-state index in [4.69, 9.17) is 5.11 Å². The summed E-state index contributed by atoms with van der Waals surface area (Å²) in [5.74, 6) is 0.817. The first-order chi connectivity index (χ1) is 6.77. The lowest BCUT2D eigenvalue weighted by Gasteiger charge is -2.25. The molecule has 2 rings (SSSR count). The zero-order valence-corrected chi connectivity index (χ0v) is 8.74. The van der Waals surface area contributed by atoms with Gasteiger partial charge in [-0.2, -0.15) is 0 Å². The van der Waals surface area contributed by atoms with Gasteiger partial charge in [0, 0.05) is 0 Å². The summed E-state index contributed by atoms with van der Waals surface area (Å²) in [4.78, 5) is 11.1. The van der Waals surface area contributed by atoms with Crippen LogP contribution in [0.2, 0.25) is 0 Å². The van der Waals surface area contributed by atoms with Crippen LogP contribution in [-0.2, 0) is 4.79 Å². The third-order valence-electron chi connectivity index (χ3n) is 4.15. The molecule has 14 heavy (non-hydrogen) atoms. The molecule has 0 spiro atoms. The fourth-order valence-corrected chi connectivity index (χ4v) is 3.29. The van der Waals surface area contributed by atoms with Crippen LogP contribution in [0.15, 0.2) is 0 Å². The van der Waals surface area contributed by atoms with Crippen molar-refractivity contribution in [1.82, 2.24) is 0 Å². The molecule has 0 aromatic rings. The fraction of sp³-hybridized carbons (Fsp3) is 0.917.